The SMILES string of the molecule is COCc1nc(C)c(C(=O)N2CCNc3ncccc32)s1. The summed E-state index contributed by atoms with van der Waals surface area (Å²) in [6.07, 6.45) is 1.72. The van der Waals surface area contributed by atoms with Crippen molar-refractivity contribution in [3.63, 3.8) is 0 Å². The molecule has 0 fully saturated rings. The third-order valence-corrected chi connectivity index (χ3v) is 4.37. The molecule has 0 bridgehead atoms. The lowest BCUT2D eigenvalue weighted by Gasteiger charge is -2.29. The van der Waals surface area contributed by atoms with E-state index < -0.39 is 0 Å². The van der Waals surface area contributed by atoms with Crippen LogP contribution in [0.2, 0.25) is 0 Å². The van der Waals surface area contributed by atoms with E-state index in [-0.39, 0.29) is 5.91 Å². The second kappa shape index (κ2) is 5.79. The standard InChI is InChI=1S/C14H16N4O2S/c1-9-12(21-11(17-9)8-20-2)14(19)18-7-6-16-13-10(18)4-3-5-15-13/h3-5H,6-8H2,1-2H3,(H,15,16). The summed E-state index contributed by atoms with van der Waals surface area (Å²) in [5.74, 6) is 0.722. The first kappa shape index (κ1) is 14.0. The fourth-order valence-corrected chi connectivity index (χ4v) is 3.31. The fourth-order valence-electron chi connectivity index (χ4n) is 2.33. The molecule has 0 radical (unpaired) electrons. The molecular formula is C14H16N4O2S. The lowest BCUT2D eigenvalue weighted by atomic mass is 10.2. The number of amides is 1. The van der Waals surface area contributed by atoms with Gasteiger partial charge in [0, 0.05) is 26.4 Å². The van der Waals surface area contributed by atoms with E-state index in [1.165, 1.54) is 11.3 Å². The maximum absolute atomic E-state index is 12.8. The number of nitrogens with one attached hydrogen (secondary N) is 1. The molecule has 6 nitrogen and oxygen atoms in total. The molecule has 0 saturated carbocycles. The molecule has 1 aliphatic rings. The van der Waals surface area contributed by atoms with E-state index in [1.807, 2.05) is 19.1 Å². The number of nitrogens with zero attached hydrogens (tertiary/aromatic N) is 3. The molecule has 0 spiro atoms. The molecule has 2 aromatic rings. The van der Waals surface area contributed by atoms with E-state index in [9.17, 15) is 4.79 Å². The second-order valence-corrected chi connectivity index (χ2v) is 5.79. The van der Waals surface area contributed by atoms with Crippen LogP contribution >= 0.6 is 11.3 Å². The van der Waals surface area contributed by atoms with Crippen molar-refractivity contribution in [2.75, 3.05) is 30.4 Å². The van der Waals surface area contributed by atoms with E-state index in [0.717, 1.165) is 22.2 Å². The number of pyridine rings is 1. The highest BCUT2D eigenvalue weighted by atomic mass is 32.1. The molecule has 3 rings (SSSR count). The Balaban J connectivity index is 1.93. The average Bonchev–Trinajstić information content (AvgIpc) is 2.87. The Morgan fingerprint density at radius 2 is 2.43 bits per heavy atom. The molecule has 1 aliphatic heterocycles. The highest BCUT2D eigenvalue weighted by Crippen LogP contribution is 2.29. The lowest BCUT2D eigenvalue weighted by Crippen LogP contribution is -2.39. The number of carbonyl (C=O) groups is 1. The molecule has 7 heteroatoms. The number of thiazole rings is 1. The maximum Gasteiger partial charge on any atom is 0.270 e. The van der Waals surface area contributed by atoms with Crippen LogP contribution < -0.4 is 10.2 Å². The first-order chi connectivity index (χ1) is 10.2. The summed E-state index contributed by atoms with van der Waals surface area (Å²) < 4.78 is 5.08. The molecule has 0 aliphatic carbocycles. The van der Waals surface area contributed by atoms with E-state index in [2.05, 4.69) is 15.3 Å². The smallest absolute Gasteiger partial charge is 0.270 e. The van der Waals surface area contributed by atoms with E-state index in [4.69, 9.17) is 4.74 Å². The van der Waals surface area contributed by atoms with Crippen LogP contribution in [-0.2, 0) is 11.3 Å². The Labute approximate surface area is 126 Å². The van der Waals surface area contributed by atoms with E-state index >= 15 is 0 Å². The number of rotatable bonds is 3. The molecule has 2 aromatic heterocycles. The van der Waals surface area contributed by atoms with Crippen molar-refractivity contribution in [1.29, 1.82) is 0 Å². The summed E-state index contributed by atoms with van der Waals surface area (Å²) in [7, 11) is 1.62. The zero-order valence-electron chi connectivity index (χ0n) is 11.9. The number of aromatic nitrogens is 2. The third kappa shape index (κ3) is 2.62. The van der Waals surface area contributed by atoms with E-state index in [0.29, 0.717) is 24.6 Å². The quantitative estimate of drug-likeness (QED) is 0.940. The largest absolute Gasteiger partial charge is 0.378 e. The first-order valence-corrected chi connectivity index (χ1v) is 7.48. The second-order valence-electron chi connectivity index (χ2n) is 4.71. The molecule has 0 aromatic carbocycles. The lowest BCUT2D eigenvalue weighted by molar-refractivity contribution is 0.0990. The van der Waals surface area contributed by atoms with Gasteiger partial charge in [0.05, 0.1) is 18.0 Å². The van der Waals surface area contributed by atoms with E-state index in [1.54, 1.807) is 18.2 Å². The van der Waals surface area contributed by atoms with Gasteiger partial charge in [-0.05, 0) is 19.1 Å². The summed E-state index contributed by atoms with van der Waals surface area (Å²) in [5, 5.41) is 4.02. The van der Waals surface area contributed by atoms with Crippen LogP contribution in [0.3, 0.4) is 0 Å². The topological polar surface area (TPSA) is 67.3 Å². The van der Waals surface area contributed by atoms with Crippen molar-refractivity contribution in [2.24, 2.45) is 0 Å². The van der Waals surface area contributed by atoms with Gasteiger partial charge in [0.25, 0.3) is 5.91 Å². The molecule has 0 atom stereocenters. The Morgan fingerprint density at radius 1 is 1.57 bits per heavy atom. The van der Waals surface area contributed by atoms with Gasteiger partial charge in [0.1, 0.15) is 15.7 Å². The fraction of sp³-hybridized carbons (Fsp3) is 0.357. The van der Waals surface area contributed by atoms with Crippen LogP contribution in [0.15, 0.2) is 18.3 Å². The zero-order valence-corrected chi connectivity index (χ0v) is 12.7. The van der Waals surface area contributed by atoms with Crippen molar-refractivity contribution in [3.05, 3.63) is 33.9 Å². The van der Waals surface area contributed by atoms with Crippen molar-refractivity contribution < 1.29 is 9.53 Å². The van der Waals surface area contributed by atoms with Gasteiger partial charge in [-0.25, -0.2) is 9.97 Å². The van der Waals surface area contributed by atoms with Crippen molar-refractivity contribution >= 4 is 28.7 Å². The van der Waals surface area contributed by atoms with Gasteiger partial charge >= 0.3 is 0 Å². The molecule has 21 heavy (non-hydrogen) atoms. The number of carbonyl (C=O) groups excluding carboxylic acids is 1. The molecule has 0 saturated heterocycles. The Kier molecular flexibility index (Phi) is 3.85. The van der Waals surface area contributed by atoms with Gasteiger partial charge in [-0.15, -0.1) is 11.3 Å². The normalized spacial score (nSPS) is 13.7. The Bertz CT molecular complexity index is 671. The molecule has 0 unspecified atom stereocenters. The summed E-state index contributed by atoms with van der Waals surface area (Å²) >= 11 is 1.39. The highest BCUT2D eigenvalue weighted by Gasteiger charge is 2.27. The minimum absolute atomic E-state index is 0.0249. The summed E-state index contributed by atoms with van der Waals surface area (Å²) in [6, 6.07) is 3.74. The maximum atomic E-state index is 12.8. The van der Waals surface area contributed by atoms with Crippen LogP contribution in [0.4, 0.5) is 11.5 Å². The van der Waals surface area contributed by atoms with Gasteiger partial charge < -0.3 is 15.0 Å². The summed E-state index contributed by atoms with van der Waals surface area (Å²) in [5.41, 5.74) is 1.57. The molecule has 3 heterocycles. The number of methoxy groups -OCH3 is 1. The number of fused-ring (bicyclic) bond motifs is 1. The zero-order chi connectivity index (χ0) is 14.8. The molecular weight excluding hydrogens is 288 g/mol. The minimum Gasteiger partial charge on any atom is -0.378 e. The summed E-state index contributed by atoms with van der Waals surface area (Å²) in [6.45, 7) is 3.60. The number of ether oxygens (including phenoxy) is 1. The number of hydrogen-bond donors (Lipinski definition) is 1. The van der Waals surface area contributed by atoms with Crippen molar-refractivity contribution in [2.45, 2.75) is 13.5 Å². The average molecular weight is 304 g/mol. The van der Waals surface area contributed by atoms with Crippen LogP contribution in [0, 0.1) is 6.92 Å². The Morgan fingerprint density at radius 3 is 3.24 bits per heavy atom. The third-order valence-electron chi connectivity index (χ3n) is 3.25. The molecule has 1 amide bonds. The highest BCUT2D eigenvalue weighted by molar-refractivity contribution is 7.13. The van der Waals surface area contributed by atoms with Crippen molar-refractivity contribution in [3.8, 4) is 0 Å². The number of aryl methyl sites for hydroxylation is 1. The van der Waals surface area contributed by atoms with Gasteiger partial charge in [-0.2, -0.15) is 0 Å². The van der Waals surface area contributed by atoms with Crippen LogP contribution in [0.25, 0.3) is 0 Å². The van der Waals surface area contributed by atoms with Crippen molar-refractivity contribution in [1.82, 2.24) is 9.97 Å². The first-order valence-electron chi connectivity index (χ1n) is 6.66. The predicted molar refractivity (Wildman–Crippen MR) is 82.0 cm³/mol. The van der Waals surface area contributed by atoms with Gasteiger partial charge in [0.15, 0.2) is 0 Å². The van der Waals surface area contributed by atoms with Gasteiger partial charge in [0.2, 0.25) is 0 Å². The van der Waals surface area contributed by atoms with Gasteiger partial charge in [-0.1, -0.05) is 0 Å². The van der Waals surface area contributed by atoms with Crippen LogP contribution in [0.1, 0.15) is 20.4 Å². The predicted octanol–water partition coefficient (Wildman–Crippen LogP) is 2.07. The summed E-state index contributed by atoms with van der Waals surface area (Å²) in [4.78, 5) is 23.9. The van der Waals surface area contributed by atoms with Crippen LogP contribution in [-0.4, -0.2) is 36.1 Å². The Hall–Kier alpha value is -1.99. The van der Waals surface area contributed by atoms with Crippen LogP contribution in [0.5, 0.6) is 0 Å². The molecule has 110 valence electrons. The number of anilines is 2. The molecule has 1 N–H and O–H groups in total. The number of hydrogen-bond acceptors (Lipinski definition) is 6. The van der Waals surface area contributed by atoms with Gasteiger partial charge in [-0.3, -0.25) is 4.79 Å². The minimum atomic E-state index is -0.0249. The monoisotopic (exact) mass is 304 g/mol.